The maximum atomic E-state index is 11.9. The number of hydrogen-bond donors (Lipinski definition) is 3. The molecular formula is C17H18N8O4. The van der Waals surface area contributed by atoms with Crippen LogP contribution in [-0.2, 0) is 16.1 Å². The van der Waals surface area contributed by atoms with Crippen molar-refractivity contribution in [2.24, 2.45) is 5.11 Å². The largest absolute Gasteiger partial charge is 0.390 e. The highest BCUT2D eigenvalue weighted by Crippen LogP contribution is 2.30. The zero-order valence-corrected chi connectivity index (χ0v) is 15.2. The van der Waals surface area contributed by atoms with E-state index in [9.17, 15) is 9.90 Å². The van der Waals surface area contributed by atoms with Gasteiger partial charge in [0.15, 0.2) is 11.2 Å². The van der Waals surface area contributed by atoms with E-state index in [1.807, 2.05) is 0 Å². The molecule has 0 bridgehead atoms. The van der Waals surface area contributed by atoms with Crippen LogP contribution in [0, 0.1) is 0 Å². The second-order valence-electron chi connectivity index (χ2n) is 6.58. The number of aromatic amines is 1. The first-order valence-electron chi connectivity index (χ1n) is 8.83. The minimum Gasteiger partial charge on any atom is -0.390 e. The number of nitrogens with zero attached hydrogens (tertiary/aromatic N) is 6. The lowest BCUT2D eigenvalue weighted by atomic mass is 10.2. The fraction of sp³-hybridized carbons (Fsp3) is 0.353. The van der Waals surface area contributed by atoms with E-state index in [1.54, 1.807) is 28.8 Å². The van der Waals surface area contributed by atoms with E-state index in [-0.39, 0.29) is 18.1 Å². The summed E-state index contributed by atoms with van der Waals surface area (Å²) in [6.45, 7) is 0.494. The van der Waals surface area contributed by atoms with Crippen LogP contribution in [0.25, 0.3) is 21.6 Å². The van der Waals surface area contributed by atoms with Gasteiger partial charge in [-0.25, -0.2) is 4.98 Å². The average molecular weight is 398 g/mol. The van der Waals surface area contributed by atoms with Crippen LogP contribution in [-0.4, -0.2) is 43.4 Å². The van der Waals surface area contributed by atoms with Gasteiger partial charge in [0.1, 0.15) is 12.3 Å². The number of hydrogen-bond acceptors (Lipinski definition) is 8. The number of imidazole rings is 1. The molecule has 0 saturated carbocycles. The van der Waals surface area contributed by atoms with Gasteiger partial charge in [0.25, 0.3) is 5.56 Å². The number of aromatic nitrogens is 4. The van der Waals surface area contributed by atoms with Crippen molar-refractivity contribution in [1.29, 1.82) is 0 Å². The Kier molecular flexibility index (Phi) is 5.14. The van der Waals surface area contributed by atoms with Crippen LogP contribution >= 0.6 is 0 Å². The molecule has 4 N–H and O–H groups in total. The van der Waals surface area contributed by atoms with Crippen molar-refractivity contribution in [3.05, 3.63) is 57.0 Å². The second kappa shape index (κ2) is 7.89. The number of azide groups is 1. The maximum Gasteiger partial charge on any atom is 0.280 e. The number of rotatable bonds is 6. The van der Waals surface area contributed by atoms with E-state index < -0.39 is 24.0 Å². The third-order valence-electron chi connectivity index (χ3n) is 4.61. The van der Waals surface area contributed by atoms with E-state index in [1.165, 1.54) is 6.33 Å². The van der Waals surface area contributed by atoms with Crippen LogP contribution < -0.4 is 11.3 Å². The lowest BCUT2D eigenvalue weighted by Crippen LogP contribution is -2.26. The molecule has 1 saturated heterocycles. The monoisotopic (exact) mass is 398 g/mol. The summed E-state index contributed by atoms with van der Waals surface area (Å²) in [4.78, 5) is 25.2. The molecule has 29 heavy (non-hydrogen) atoms. The Labute approximate surface area is 163 Å². The SMILES string of the molecule is [N-]=[N+]=Nc1ccc(COC[C@H]2O[C@@H](n3cnc4c(=O)[nH]c(N)nc43)C[C@@H]2O)cc1. The van der Waals surface area contributed by atoms with Crippen LogP contribution in [0.4, 0.5) is 11.6 Å². The molecule has 1 aromatic carbocycles. The topological polar surface area (TPSA) is 177 Å². The highest BCUT2D eigenvalue weighted by Gasteiger charge is 2.36. The molecule has 2 aromatic heterocycles. The van der Waals surface area contributed by atoms with Gasteiger partial charge in [0, 0.05) is 17.0 Å². The van der Waals surface area contributed by atoms with Crippen LogP contribution in [0.5, 0.6) is 0 Å². The lowest BCUT2D eigenvalue weighted by molar-refractivity contribution is -0.0646. The number of aliphatic hydroxyl groups excluding tert-OH is 1. The molecule has 4 rings (SSSR count). The number of benzene rings is 1. The number of ether oxygens (including phenoxy) is 2. The molecule has 3 atom stereocenters. The van der Waals surface area contributed by atoms with Crippen LogP contribution in [0.1, 0.15) is 18.2 Å². The molecule has 1 fully saturated rings. The first-order chi connectivity index (χ1) is 14.0. The maximum absolute atomic E-state index is 11.9. The summed E-state index contributed by atoms with van der Waals surface area (Å²) < 4.78 is 13.1. The molecule has 0 spiro atoms. The van der Waals surface area contributed by atoms with E-state index in [0.717, 1.165) is 5.56 Å². The number of aliphatic hydroxyl groups is 1. The predicted octanol–water partition coefficient (Wildman–Crippen LogP) is 1.51. The molecule has 0 unspecified atom stereocenters. The highest BCUT2D eigenvalue weighted by atomic mass is 16.6. The summed E-state index contributed by atoms with van der Waals surface area (Å²) in [5, 5.41) is 13.8. The summed E-state index contributed by atoms with van der Waals surface area (Å²) in [6, 6.07) is 6.98. The molecule has 12 nitrogen and oxygen atoms in total. The zero-order valence-electron chi connectivity index (χ0n) is 15.2. The molecule has 0 amide bonds. The van der Waals surface area contributed by atoms with Gasteiger partial charge in [-0.3, -0.25) is 14.3 Å². The molecular weight excluding hydrogens is 380 g/mol. The highest BCUT2D eigenvalue weighted by molar-refractivity contribution is 5.70. The number of fused-ring (bicyclic) bond motifs is 1. The lowest BCUT2D eigenvalue weighted by Gasteiger charge is -2.16. The van der Waals surface area contributed by atoms with Crippen LogP contribution in [0.15, 0.2) is 40.5 Å². The Hall–Kier alpha value is -3.44. The molecule has 1 aliphatic rings. The third kappa shape index (κ3) is 3.91. The molecule has 3 aromatic rings. The van der Waals surface area contributed by atoms with Crippen molar-refractivity contribution >= 4 is 22.8 Å². The molecule has 1 aliphatic heterocycles. The number of nitrogen functional groups attached to an aromatic ring is 1. The quantitative estimate of drug-likeness (QED) is 0.320. The van der Waals surface area contributed by atoms with Crippen LogP contribution in [0.3, 0.4) is 0 Å². The molecule has 150 valence electrons. The van der Waals surface area contributed by atoms with E-state index in [0.29, 0.717) is 24.4 Å². The first-order valence-corrected chi connectivity index (χ1v) is 8.83. The van der Waals surface area contributed by atoms with Crippen molar-refractivity contribution in [3.63, 3.8) is 0 Å². The van der Waals surface area contributed by atoms with Gasteiger partial charge in [-0.15, -0.1) is 0 Å². The number of nitrogens with two attached hydrogens (primary N) is 1. The minimum atomic E-state index is -0.746. The molecule has 12 heteroatoms. The molecule has 0 aliphatic carbocycles. The van der Waals surface area contributed by atoms with Crippen molar-refractivity contribution < 1.29 is 14.6 Å². The van der Waals surface area contributed by atoms with Gasteiger partial charge in [-0.1, -0.05) is 29.4 Å². The van der Waals surface area contributed by atoms with E-state index in [2.05, 4.69) is 25.0 Å². The van der Waals surface area contributed by atoms with Crippen molar-refractivity contribution in [2.45, 2.75) is 31.5 Å². The van der Waals surface area contributed by atoms with E-state index in [4.69, 9.17) is 20.7 Å². The Morgan fingerprint density at radius 1 is 1.45 bits per heavy atom. The van der Waals surface area contributed by atoms with Crippen molar-refractivity contribution in [1.82, 2.24) is 19.5 Å². The summed E-state index contributed by atoms with van der Waals surface area (Å²) in [5.41, 5.74) is 15.5. The summed E-state index contributed by atoms with van der Waals surface area (Å²) in [7, 11) is 0. The number of H-pyrrole nitrogens is 1. The minimum absolute atomic E-state index is 0.0193. The summed E-state index contributed by atoms with van der Waals surface area (Å²) >= 11 is 0. The average Bonchev–Trinajstić information content (AvgIpc) is 3.27. The van der Waals surface area contributed by atoms with E-state index >= 15 is 0 Å². The normalized spacial score (nSPS) is 21.3. The van der Waals surface area contributed by atoms with Gasteiger partial charge < -0.3 is 20.3 Å². The van der Waals surface area contributed by atoms with Gasteiger partial charge in [-0.2, -0.15) is 4.98 Å². The fourth-order valence-electron chi connectivity index (χ4n) is 3.19. The summed E-state index contributed by atoms with van der Waals surface area (Å²) in [5.74, 6) is -0.0193. The van der Waals surface area contributed by atoms with Crippen molar-refractivity contribution in [2.75, 3.05) is 12.3 Å². The standard InChI is InChI=1S/C17H18N8O4/c18-17-21-15-14(16(27)22-17)20-8-25(15)13-5-11(26)12(29-13)7-28-6-9-1-3-10(4-2-9)23-24-19/h1-4,8,11-13,26H,5-7H2,(H3,18,21,22,27)/t11-,12+,13+/m0/s1. The first kappa shape index (κ1) is 18.9. The van der Waals surface area contributed by atoms with Crippen LogP contribution in [0.2, 0.25) is 0 Å². The van der Waals surface area contributed by atoms with Gasteiger partial charge in [-0.05, 0) is 11.1 Å². The Morgan fingerprint density at radius 2 is 2.24 bits per heavy atom. The van der Waals surface area contributed by atoms with Gasteiger partial charge in [0.05, 0.1) is 25.6 Å². The third-order valence-corrected chi connectivity index (χ3v) is 4.61. The smallest absolute Gasteiger partial charge is 0.280 e. The Morgan fingerprint density at radius 3 is 3.00 bits per heavy atom. The second-order valence-corrected chi connectivity index (χ2v) is 6.58. The molecule has 3 heterocycles. The Bertz CT molecular complexity index is 1120. The predicted molar refractivity (Wildman–Crippen MR) is 102 cm³/mol. The zero-order chi connectivity index (χ0) is 20.4. The van der Waals surface area contributed by atoms with Gasteiger partial charge >= 0.3 is 0 Å². The number of nitrogens with one attached hydrogen (secondary N) is 1. The summed E-state index contributed by atoms with van der Waals surface area (Å²) in [6.07, 6.45) is -0.0868. The molecule has 0 radical (unpaired) electrons. The van der Waals surface area contributed by atoms with Crippen molar-refractivity contribution in [3.8, 4) is 0 Å². The number of anilines is 1. The fourth-order valence-corrected chi connectivity index (χ4v) is 3.19. The van der Waals surface area contributed by atoms with Gasteiger partial charge in [0.2, 0.25) is 5.95 Å². The Balaban J connectivity index is 1.39.